The van der Waals surface area contributed by atoms with Gasteiger partial charge in [-0.05, 0) is 32.9 Å². The first-order chi connectivity index (χ1) is 5.59. The lowest BCUT2D eigenvalue weighted by molar-refractivity contribution is 0.241. The smallest absolute Gasteiger partial charge is 0.171 e. The second-order valence-corrected chi connectivity index (χ2v) is 3.27. The zero-order valence-electron chi connectivity index (χ0n) is 7.47. The van der Waals surface area contributed by atoms with E-state index in [-0.39, 0.29) is 6.10 Å². The monoisotopic (exact) mass is 185 g/mol. The summed E-state index contributed by atoms with van der Waals surface area (Å²) in [4.78, 5) is 4.07. The van der Waals surface area contributed by atoms with E-state index in [1.807, 2.05) is 32.9 Å². The molecule has 0 atom stereocenters. The lowest BCUT2D eigenvalue weighted by Gasteiger charge is -2.10. The first-order valence-corrected chi connectivity index (χ1v) is 4.27. The fraction of sp³-hybridized carbons (Fsp3) is 0.444. The predicted octanol–water partition coefficient (Wildman–Crippen LogP) is 2.83. The maximum Gasteiger partial charge on any atom is 0.171 e. The highest BCUT2D eigenvalue weighted by atomic mass is 35.5. The fourth-order valence-corrected chi connectivity index (χ4v) is 1.09. The Morgan fingerprint density at radius 3 is 2.58 bits per heavy atom. The molecule has 0 saturated heterocycles. The SMILES string of the molecule is Cc1ccc(OC(C)C)c(Cl)n1. The summed E-state index contributed by atoms with van der Waals surface area (Å²) in [5.74, 6) is 0.650. The van der Waals surface area contributed by atoms with Gasteiger partial charge in [0.15, 0.2) is 10.9 Å². The second kappa shape index (κ2) is 3.76. The number of aryl methyl sites for hydroxylation is 1. The van der Waals surface area contributed by atoms with Crippen LogP contribution in [0.25, 0.3) is 0 Å². The number of ether oxygens (including phenoxy) is 1. The Hall–Kier alpha value is -0.760. The molecule has 0 aromatic carbocycles. The molecule has 1 aromatic heterocycles. The van der Waals surface area contributed by atoms with Crippen molar-refractivity contribution in [1.82, 2.24) is 4.98 Å². The fourth-order valence-electron chi connectivity index (χ4n) is 0.854. The normalized spacial score (nSPS) is 10.4. The molecule has 1 heterocycles. The van der Waals surface area contributed by atoms with Crippen molar-refractivity contribution in [3.8, 4) is 5.75 Å². The Morgan fingerprint density at radius 1 is 1.42 bits per heavy atom. The van der Waals surface area contributed by atoms with Gasteiger partial charge >= 0.3 is 0 Å². The Balaban J connectivity index is 2.86. The second-order valence-electron chi connectivity index (χ2n) is 2.91. The third kappa shape index (κ3) is 2.38. The predicted molar refractivity (Wildman–Crippen MR) is 49.7 cm³/mol. The molecular weight excluding hydrogens is 174 g/mol. The molecule has 0 amide bonds. The largest absolute Gasteiger partial charge is 0.488 e. The molecule has 12 heavy (non-hydrogen) atoms. The zero-order valence-corrected chi connectivity index (χ0v) is 8.22. The van der Waals surface area contributed by atoms with Gasteiger partial charge in [-0.25, -0.2) is 4.98 Å². The minimum Gasteiger partial charge on any atom is -0.488 e. The van der Waals surface area contributed by atoms with E-state index >= 15 is 0 Å². The van der Waals surface area contributed by atoms with Crippen LogP contribution >= 0.6 is 11.6 Å². The van der Waals surface area contributed by atoms with E-state index in [0.29, 0.717) is 10.9 Å². The van der Waals surface area contributed by atoms with E-state index < -0.39 is 0 Å². The Labute approximate surface area is 77.5 Å². The van der Waals surface area contributed by atoms with Crippen LogP contribution in [0.3, 0.4) is 0 Å². The molecule has 0 unspecified atom stereocenters. The van der Waals surface area contributed by atoms with E-state index in [2.05, 4.69) is 4.98 Å². The molecule has 1 aromatic rings. The quantitative estimate of drug-likeness (QED) is 0.661. The highest BCUT2D eigenvalue weighted by Crippen LogP contribution is 2.22. The highest BCUT2D eigenvalue weighted by Gasteiger charge is 2.03. The highest BCUT2D eigenvalue weighted by molar-refractivity contribution is 6.30. The van der Waals surface area contributed by atoms with Gasteiger partial charge < -0.3 is 4.74 Å². The lowest BCUT2D eigenvalue weighted by atomic mass is 10.3. The van der Waals surface area contributed by atoms with Crippen molar-refractivity contribution < 1.29 is 4.74 Å². The molecule has 0 aliphatic carbocycles. The van der Waals surface area contributed by atoms with Gasteiger partial charge in [0.25, 0.3) is 0 Å². The molecule has 0 saturated carbocycles. The molecule has 0 N–H and O–H groups in total. The Bertz CT molecular complexity index is 273. The van der Waals surface area contributed by atoms with Gasteiger partial charge in [-0.2, -0.15) is 0 Å². The number of hydrogen-bond donors (Lipinski definition) is 0. The van der Waals surface area contributed by atoms with E-state index in [0.717, 1.165) is 5.69 Å². The summed E-state index contributed by atoms with van der Waals surface area (Å²) in [6, 6.07) is 3.72. The van der Waals surface area contributed by atoms with Crippen LogP contribution in [-0.2, 0) is 0 Å². The summed E-state index contributed by atoms with van der Waals surface area (Å²) in [6.07, 6.45) is 0.131. The molecule has 2 nitrogen and oxygen atoms in total. The molecule has 0 spiro atoms. The van der Waals surface area contributed by atoms with Crippen molar-refractivity contribution in [3.63, 3.8) is 0 Å². The third-order valence-electron chi connectivity index (χ3n) is 1.32. The summed E-state index contributed by atoms with van der Waals surface area (Å²) in [6.45, 7) is 5.80. The molecular formula is C9H12ClNO. The van der Waals surface area contributed by atoms with Crippen LogP contribution in [0, 0.1) is 6.92 Å². The maximum absolute atomic E-state index is 5.84. The Kier molecular flexibility index (Phi) is 2.93. The van der Waals surface area contributed by atoms with Gasteiger partial charge in [0.2, 0.25) is 0 Å². The first-order valence-electron chi connectivity index (χ1n) is 3.89. The number of rotatable bonds is 2. The lowest BCUT2D eigenvalue weighted by Crippen LogP contribution is -2.06. The van der Waals surface area contributed by atoms with Crippen molar-refractivity contribution in [2.75, 3.05) is 0 Å². The number of pyridine rings is 1. The van der Waals surface area contributed by atoms with Crippen LogP contribution in [0.2, 0.25) is 5.15 Å². The average Bonchev–Trinajstić information content (AvgIpc) is 1.94. The Morgan fingerprint density at radius 2 is 2.08 bits per heavy atom. The molecule has 0 aliphatic heterocycles. The number of halogens is 1. The summed E-state index contributed by atoms with van der Waals surface area (Å²) in [5, 5.41) is 0.434. The van der Waals surface area contributed by atoms with Crippen molar-refractivity contribution in [3.05, 3.63) is 23.0 Å². The van der Waals surface area contributed by atoms with Gasteiger partial charge in [0, 0.05) is 5.69 Å². The summed E-state index contributed by atoms with van der Waals surface area (Å²) in [7, 11) is 0. The van der Waals surface area contributed by atoms with Crippen LogP contribution in [-0.4, -0.2) is 11.1 Å². The van der Waals surface area contributed by atoms with Gasteiger partial charge in [-0.15, -0.1) is 0 Å². The van der Waals surface area contributed by atoms with E-state index in [4.69, 9.17) is 16.3 Å². The van der Waals surface area contributed by atoms with Crippen LogP contribution < -0.4 is 4.74 Å². The minimum absolute atomic E-state index is 0.131. The molecule has 0 aliphatic rings. The number of aromatic nitrogens is 1. The van der Waals surface area contributed by atoms with Gasteiger partial charge in [0.05, 0.1) is 6.10 Å². The molecule has 1 rings (SSSR count). The molecule has 3 heteroatoms. The molecule has 0 radical (unpaired) electrons. The topological polar surface area (TPSA) is 22.1 Å². The summed E-state index contributed by atoms with van der Waals surface area (Å²) >= 11 is 5.84. The van der Waals surface area contributed by atoms with Crippen LogP contribution in [0.1, 0.15) is 19.5 Å². The van der Waals surface area contributed by atoms with E-state index in [9.17, 15) is 0 Å². The van der Waals surface area contributed by atoms with Crippen molar-refractivity contribution >= 4 is 11.6 Å². The van der Waals surface area contributed by atoms with Crippen LogP contribution in [0.15, 0.2) is 12.1 Å². The van der Waals surface area contributed by atoms with Gasteiger partial charge in [0.1, 0.15) is 0 Å². The summed E-state index contributed by atoms with van der Waals surface area (Å²) < 4.78 is 5.41. The van der Waals surface area contributed by atoms with Crippen LogP contribution in [0.5, 0.6) is 5.75 Å². The molecule has 66 valence electrons. The van der Waals surface area contributed by atoms with E-state index in [1.54, 1.807) is 0 Å². The zero-order chi connectivity index (χ0) is 9.14. The molecule has 0 bridgehead atoms. The number of hydrogen-bond acceptors (Lipinski definition) is 2. The summed E-state index contributed by atoms with van der Waals surface area (Å²) in [5.41, 5.74) is 0.899. The molecule has 0 fully saturated rings. The van der Waals surface area contributed by atoms with Crippen LogP contribution in [0.4, 0.5) is 0 Å². The number of nitrogens with zero attached hydrogens (tertiary/aromatic N) is 1. The standard InChI is InChI=1S/C9H12ClNO/c1-6(2)12-8-5-4-7(3)11-9(8)10/h4-6H,1-3H3. The third-order valence-corrected chi connectivity index (χ3v) is 1.59. The van der Waals surface area contributed by atoms with Gasteiger partial charge in [-0.3, -0.25) is 0 Å². The minimum atomic E-state index is 0.131. The van der Waals surface area contributed by atoms with Crippen molar-refractivity contribution in [2.45, 2.75) is 26.9 Å². The van der Waals surface area contributed by atoms with Gasteiger partial charge in [-0.1, -0.05) is 11.6 Å². The van der Waals surface area contributed by atoms with E-state index in [1.165, 1.54) is 0 Å². The maximum atomic E-state index is 5.84. The average molecular weight is 186 g/mol. The van der Waals surface area contributed by atoms with Crippen molar-refractivity contribution in [2.24, 2.45) is 0 Å². The van der Waals surface area contributed by atoms with Crippen molar-refractivity contribution in [1.29, 1.82) is 0 Å². The first kappa shape index (κ1) is 9.33.